The number of halogens is 4. The first kappa shape index (κ1) is 20.7. The predicted molar refractivity (Wildman–Crippen MR) is 103 cm³/mol. The second kappa shape index (κ2) is 7.60. The van der Waals surface area contributed by atoms with E-state index in [9.17, 15) is 23.1 Å². The molecule has 0 spiro atoms. The van der Waals surface area contributed by atoms with Crippen molar-refractivity contribution >= 4 is 28.3 Å². The van der Waals surface area contributed by atoms with Crippen LogP contribution in [0.5, 0.6) is 0 Å². The van der Waals surface area contributed by atoms with Crippen molar-refractivity contribution in [1.29, 1.82) is 0 Å². The summed E-state index contributed by atoms with van der Waals surface area (Å²) in [7, 11) is 0. The largest absolute Gasteiger partial charge is 0.391 e. The number of fused-ring (bicyclic) bond motifs is 1. The Hall–Kier alpha value is -1.57. The first-order valence-electron chi connectivity index (χ1n) is 9.87. The highest BCUT2D eigenvalue weighted by Gasteiger charge is 2.46. The summed E-state index contributed by atoms with van der Waals surface area (Å²) in [6, 6.07) is 5.55. The highest BCUT2D eigenvalue weighted by atomic mass is 35.5. The van der Waals surface area contributed by atoms with E-state index in [1.807, 2.05) is 16.7 Å². The van der Waals surface area contributed by atoms with Crippen LogP contribution in [-0.2, 0) is 4.74 Å². The lowest BCUT2D eigenvalue weighted by Crippen LogP contribution is -2.40. The lowest BCUT2D eigenvalue weighted by atomic mass is 9.75. The van der Waals surface area contributed by atoms with Crippen molar-refractivity contribution in [2.75, 3.05) is 13.2 Å². The average Bonchev–Trinajstić information content (AvgIpc) is 2.98. The third kappa shape index (κ3) is 4.05. The molecule has 2 fully saturated rings. The molecule has 1 aliphatic carbocycles. The van der Waals surface area contributed by atoms with E-state index in [0.717, 1.165) is 5.52 Å². The number of ether oxygens (including phenoxy) is 1. The van der Waals surface area contributed by atoms with Crippen LogP contribution in [0.1, 0.15) is 54.9 Å². The van der Waals surface area contributed by atoms with Gasteiger partial charge in [-0.2, -0.15) is 13.2 Å². The number of hydrogen-bond acceptors (Lipinski definition) is 3. The van der Waals surface area contributed by atoms with Gasteiger partial charge in [-0.25, -0.2) is 0 Å². The molecule has 8 heteroatoms. The molecule has 2 atom stereocenters. The topological polar surface area (TPSA) is 51.5 Å². The minimum absolute atomic E-state index is 0.0160. The standard InChI is InChI=1S/C21H23ClF3NO3/c22-16-4-1-5-17-19(16)15(10-26(17)14-11-29-12-14)18(27)6-8-20(28)7-2-3-13(9-20)21(23,24)25/h1,4-5,10,13-14,28H,2-3,6-9,11-12H2. The number of aliphatic hydroxyl groups is 1. The maximum absolute atomic E-state index is 13.1. The van der Waals surface area contributed by atoms with Gasteiger partial charge in [0.2, 0.25) is 0 Å². The Balaban J connectivity index is 1.54. The molecule has 2 unspecified atom stereocenters. The fourth-order valence-electron chi connectivity index (χ4n) is 4.49. The maximum Gasteiger partial charge on any atom is 0.391 e. The number of benzene rings is 1. The normalized spacial score (nSPS) is 25.9. The molecule has 2 aliphatic rings. The van der Waals surface area contributed by atoms with Gasteiger partial charge in [0.25, 0.3) is 0 Å². The van der Waals surface area contributed by atoms with Crippen LogP contribution in [0.15, 0.2) is 24.4 Å². The smallest absolute Gasteiger partial charge is 0.390 e. The van der Waals surface area contributed by atoms with Gasteiger partial charge in [-0.3, -0.25) is 4.79 Å². The summed E-state index contributed by atoms with van der Waals surface area (Å²) in [4.78, 5) is 13.0. The average molecular weight is 430 g/mol. The number of Topliss-reactive ketones (excluding diaryl/α,β-unsaturated/α-hetero) is 1. The molecular formula is C21H23ClF3NO3. The third-order valence-electron chi connectivity index (χ3n) is 6.22. The number of carbonyl (C=O) groups is 1. The molecule has 29 heavy (non-hydrogen) atoms. The summed E-state index contributed by atoms with van der Waals surface area (Å²) >= 11 is 6.36. The summed E-state index contributed by atoms with van der Waals surface area (Å²) in [6.45, 7) is 1.12. The molecule has 2 aromatic rings. The van der Waals surface area contributed by atoms with Crippen molar-refractivity contribution in [2.24, 2.45) is 5.92 Å². The molecule has 4 nitrogen and oxygen atoms in total. The van der Waals surface area contributed by atoms with Gasteiger partial charge in [-0.15, -0.1) is 0 Å². The minimum atomic E-state index is -4.32. The molecule has 1 aromatic carbocycles. The predicted octanol–water partition coefficient (Wildman–Crippen LogP) is 5.31. The highest BCUT2D eigenvalue weighted by molar-refractivity contribution is 6.37. The van der Waals surface area contributed by atoms with Gasteiger partial charge >= 0.3 is 6.18 Å². The van der Waals surface area contributed by atoms with E-state index in [1.165, 1.54) is 0 Å². The Morgan fingerprint density at radius 1 is 1.34 bits per heavy atom. The summed E-state index contributed by atoms with van der Waals surface area (Å²) in [5.74, 6) is -1.73. The van der Waals surface area contributed by atoms with E-state index in [0.29, 0.717) is 35.6 Å². The number of aromatic nitrogens is 1. The summed E-state index contributed by atoms with van der Waals surface area (Å²) in [5, 5.41) is 11.8. The lowest BCUT2D eigenvalue weighted by Gasteiger charge is -2.37. The fraction of sp³-hybridized carbons (Fsp3) is 0.571. The molecule has 0 amide bonds. The Morgan fingerprint density at radius 2 is 2.10 bits per heavy atom. The zero-order valence-electron chi connectivity index (χ0n) is 15.8. The van der Waals surface area contributed by atoms with Crippen LogP contribution in [0.2, 0.25) is 5.02 Å². The van der Waals surface area contributed by atoms with Crippen molar-refractivity contribution < 1.29 is 27.8 Å². The van der Waals surface area contributed by atoms with Crippen molar-refractivity contribution in [2.45, 2.75) is 56.3 Å². The first-order valence-corrected chi connectivity index (χ1v) is 10.2. The van der Waals surface area contributed by atoms with Gasteiger partial charge in [0.1, 0.15) is 0 Å². The Kier molecular flexibility index (Phi) is 5.42. The molecule has 1 aliphatic heterocycles. The second-order valence-electron chi connectivity index (χ2n) is 8.26. The van der Waals surface area contributed by atoms with E-state index >= 15 is 0 Å². The van der Waals surface area contributed by atoms with Crippen LogP contribution in [0.25, 0.3) is 10.9 Å². The van der Waals surface area contributed by atoms with Crippen LogP contribution < -0.4 is 0 Å². The summed E-state index contributed by atoms with van der Waals surface area (Å²) in [6.07, 6.45) is -2.27. The van der Waals surface area contributed by atoms with Crippen LogP contribution in [0, 0.1) is 5.92 Å². The lowest BCUT2D eigenvalue weighted by molar-refractivity contribution is -0.201. The van der Waals surface area contributed by atoms with Crippen molar-refractivity contribution in [1.82, 2.24) is 4.57 Å². The van der Waals surface area contributed by atoms with Crippen molar-refractivity contribution in [3.8, 4) is 0 Å². The molecule has 2 heterocycles. The van der Waals surface area contributed by atoms with E-state index in [1.54, 1.807) is 12.3 Å². The van der Waals surface area contributed by atoms with Crippen molar-refractivity contribution in [3.63, 3.8) is 0 Å². The van der Waals surface area contributed by atoms with E-state index in [-0.39, 0.29) is 43.9 Å². The van der Waals surface area contributed by atoms with E-state index in [4.69, 9.17) is 16.3 Å². The number of nitrogens with zero attached hydrogens (tertiary/aromatic N) is 1. The Labute approximate surface area is 171 Å². The van der Waals surface area contributed by atoms with E-state index in [2.05, 4.69) is 0 Å². The van der Waals surface area contributed by atoms with Gasteiger partial charge in [-0.1, -0.05) is 17.7 Å². The van der Waals surface area contributed by atoms with Crippen LogP contribution in [0.3, 0.4) is 0 Å². The number of hydrogen-bond donors (Lipinski definition) is 1. The van der Waals surface area contributed by atoms with Gasteiger partial charge < -0.3 is 14.4 Å². The number of rotatable bonds is 5. The summed E-state index contributed by atoms with van der Waals surface area (Å²) < 4.78 is 46.5. The molecular weight excluding hydrogens is 407 g/mol. The molecule has 1 saturated carbocycles. The second-order valence-corrected chi connectivity index (χ2v) is 8.66. The summed E-state index contributed by atoms with van der Waals surface area (Å²) in [5.41, 5.74) is -0.176. The number of ketones is 1. The SMILES string of the molecule is O=C(CCC1(O)CCCC(C(F)(F)F)C1)c1cn(C2COC2)c2cccc(Cl)c12. The molecule has 1 N–H and O–H groups in total. The zero-order chi connectivity index (χ0) is 20.8. The zero-order valence-corrected chi connectivity index (χ0v) is 16.6. The number of carbonyl (C=O) groups excluding carboxylic acids is 1. The maximum atomic E-state index is 13.1. The molecule has 1 saturated heterocycles. The van der Waals surface area contributed by atoms with Gasteiger partial charge in [-0.05, 0) is 44.2 Å². The van der Waals surface area contributed by atoms with Crippen molar-refractivity contribution in [3.05, 3.63) is 35.0 Å². The van der Waals surface area contributed by atoms with Crippen LogP contribution >= 0.6 is 11.6 Å². The molecule has 158 valence electrons. The molecule has 0 radical (unpaired) electrons. The molecule has 0 bridgehead atoms. The van der Waals surface area contributed by atoms with Gasteiger partial charge in [0.05, 0.1) is 41.3 Å². The Bertz CT molecular complexity index is 922. The number of alkyl halides is 3. The van der Waals surface area contributed by atoms with Crippen LogP contribution in [0.4, 0.5) is 13.2 Å². The minimum Gasteiger partial charge on any atom is -0.390 e. The highest BCUT2D eigenvalue weighted by Crippen LogP contribution is 2.43. The fourth-order valence-corrected chi connectivity index (χ4v) is 4.76. The third-order valence-corrected chi connectivity index (χ3v) is 6.54. The van der Waals surface area contributed by atoms with Gasteiger partial charge in [0, 0.05) is 23.6 Å². The van der Waals surface area contributed by atoms with Gasteiger partial charge in [0.15, 0.2) is 5.78 Å². The quantitative estimate of drug-likeness (QED) is 0.655. The molecule has 1 aromatic heterocycles. The molecule has 4 rings (SSSR count). The monoisotopic (exact) mass is 429 g/mol. The van der Waals surface area contributed by atoms with E-state index < -0.39 is 17.7 Å². The van der Waals surface area contributed by atoms with Crippen LogP contribution in [-0.4, -0.2) is 40.4 Å². The Morgan fingerprint density at radius 3 is 2.76 bits per heavy atom. The first-order chi connectivity index (χ1) is 13.7.